The molecule has 0 radical (unpaired) electrons. The Bertz CT molecular complexity index is 623. The number of rotatable bonds is 2. The van der Waals surface area contributed by atoms with E-state index in [0.29, 0.717) is 0 Å². The minimum atomic E-state index is 0.851. The maximum Gasteiger partial charge on any atom is 0.161 e. The average Bonchev–Trinajstić information content (AvgIpc) is 2.96. The summed E-state index contributed by atoms with van der Waals surface area (Å²) in [7, 11) is 0. The highest BCUT2D eigenvalue weighted by Crippen LogP contribution is 2.13. The number of fused-ring (bicyclic) bond motifs is 1. The third kappa shape index (κ3) is 1.63. The SMILES string of the molecule is C(=C\c1nnc2ccccn12)/c1cccs1. The highest BCUT2D eigenvalue weighted by molar-refractivity contribution is 7.10. The van der Waals surface area contributed by atoms with Crippen LogP contribution in [0.1, 0.15) is 10.7 Å². The van der Waals surface area contributed by atoms with Crippen molar-refractivity contribution in [2.75, 3.05) is 0 Å². The molecule has 16 heavy (non-hydrogen) atoms. The van der Waals surface area contributed by atoms with E-state index in [1.54, 1.807) is 11.3 Å². The molecule has 3 aromatic heterocycles. The molecule has 0 fully saturated rings. The molecular formula is C12H9N3S. The summed E-state index contributed by atoms with van der Waals surface area (Å²) in [6.45, 7) is 0. The molecule has 4 heteroatoms. The molecule has 0 amide bonds. The maximum atomic E-state index is 4.13. The van der Waals surface area contributed by atoms with Crippen molar-refractivity contribution in [1.82, 2.24) is 14.6 Å². The second-order valence-corrected chi connectivity index (χ2v) is 4.32. The number of hydrogen-bond acceptors (Lipinski definition) is 3. The van der Waals surface area contributed by atoms with Crippen molar-refractivity contribution in [1.29, 1.82) is 0 Å². The highest BCUT2D eigenvalue weighted by Gasteiger charge is 1.99. The van der Waals surface area contributed by atoms with E-state index < -0.39 is 0 Å². The molecule has 0 atom stereocenters. The predicted molar refractivity (Wildman–Crippen MR) is 66.2 cm³/mol. The van der Waals surface area contributed by atoms with E-state index in [-0.39, 0.29) is 0 Å². The Morgan fingerprint density at radius 2 is 2.06 bits per heavy atom. The van der Waals surface area contributed by atoms with Crippen molar-refractivity contribution in [2.45, 2.75) is 0 Å². The Morgan fingerprint density at radius 3 is 2.94 bits per heavy atom. The lowest BCUT2D eigenvalue weighted by Gasteiger charge is -1.92. The van der Waals surface area contributed by atoms with Crippen LogP contribution in [0.15, 0.2) is 41.9 Å². The summed E-state index contributed by atoms with van der Waals surface area (Å²) >= 11 is 1.71. The number of nitrogens with zero attached hydrogens (tertiary/aromatic N) is 3. The van der Waals surface area contributed by atoms with E-state index in [9.17, 15) is 0 Å². The topological polar surface area (TPSA) is 30.2 Å². The lowest BCUT2D eigenvalue weighted by Crippen LogP contribution is -1.85. The molecule has 0 spiro atoms. The lowest BCUT2D eigenvalue weighted by molar-refractivity contribution is 1.08. The van der Waals surface area contributed by atoms with Gasteiger partial charge in [-0.3, -0.25) is 4.40 Å². The van der Waals surface area contributed by atoms with Gasteiger partial charge in [-0.25, -0.2) is 0 Å². The lowest BCUT2D eigenvalue weighted by atomic mass is 10.4. The molecule has 0 aliphatic rings. The summed E-state index contributed by atoms with van der Waals surface area (Å²) in [6.07, 6.45) is 5.99. The van der Waals surface area contributed by atoms with Crippen LogP contribution < -0.4 is 0 Å². The highest BCUT2D eigenvalue weighted by atomic mass is 32.1. The summed E-state index contributed by atoms with van der Waals surface area (Å²) in [5, 5.41) is 10.3. The molecule has 0 unspecified atom stereocenters. The van der Waals surface area contributed by atoms with Crippen molar-refractivity contribution < 1.29 is 0 Å². The number of pyridine rings is 1. The van der Waals surface area contributed by atoms with Crippen molar-refractivity contribution in [2.24, 2.45) is 0 Å². The van der Waals surface area contributed by atoms with E-state index >= 15 is 0 Å². The first-order valence-electron chi connectivity index (χ1n) is 4.95. The third-order valence-corrected chi connectivity index (χ3v) is 3.12. The summed E-state index contributed by atoms with van der Waals surface area (Å²) < 4.78 is 1.96. The first kappa shape index (κ1) is 9.30. The Morgan fingerprint density at radius 1 is 1.06 bits per heavy atom. The van der Waals surface area contributed by atoms with E-state index in [1.807, 2.05) is 47.0 Å². The van der Waals surface area contributed by atoms with E-state index in [4.69, 9.17) is 0 Å². The smallest absolute Gasteiger partial charge is 0.161 e. The van der Waals surface area contributed by atoms with Gasteiger partial charge in [-0.15, -0.1) is 21.5 Å². The van der Waals surface area contributed by atoms with Gasteiger partial charge in [-0.1, -0.05) is 12.1 Å². The molecule has 0 saturated carbocycles. The fourth-order valence-electron chi connectivity index (χ4n) is 1.52. The molecule has 3 heterocycles. The number of thiophene rings is 1. The molecule has 3 aromatic rings. The third-order valence-electron chi connectivity index (χ3n) is 2.28. The molecular weight excluding hydrogens is 218 g/mol. The van der Waals surface area contributed by atoms with Crippen LogP contribution >= 0.6 is 11.3 Å². The standard InChI is InChI=1S/C12H9N3S/c1-2-8-15-11(5-1)13-14-12(15)7-6-10-4-3-9-16-10/h1-9H/b7-6+. The van der Waals surface area contributed by atoms with Crippen LogP contribution in [-0.2, 0) is 0 Å². The van der Waals surface area contributed by atoms with Gasteiger partial charge in [0.2, 0.25) is 0 Å². The van der Waals surface area contributed by atoms with Crippen LogP contribution in [0.25, 0.3) is 17.8 Å². The van der Waals surface area contributed by atoms with Crippen LogP contribution in [0.4, 0.5) is 0 Å². The van der Waals surface area contributed by atoms with Gasteiger partial charge in [0.15, 0.2) is 11.5 Å². The normalized spacial score (nSPS) is 11.5. The second kappa shape index (κ2) is 3.90. The van der Waals surface area contributed by atoms with Gasteiger partial charge in [0.25, 0.3) is 0 Å². The van der Waals surface area contributed by atoms with Crippen LogP contribution in [0, 0.1) is 0 Å². The average molecular weight is 227 g/mol. The van der Waals surface area contributed by atoms with Crippen LogP contribution in [0.5, 0.6) is 0 Å². The fraction of sp³-hybridized carbons (Fsp3) is 0. The summed E-state index contributed by atoms with van der Waals surface area (Å²) in [5.41, 5.74) is 0.869. The molecule has 0 saturated heterocycles. The zero-order valence-electron chi connectivity index (χ0n) is 8.45. The molecule has 3 rings (SSSR count). The van der Waals surface area contributed by atoms with E-state index in [1.165, 1.54) is 4.88 Å². The summed E-state index contributed by atoms with van der Waals surface area (Å²) in [4.78, 5) is 1.22. The van der Waals surface area contributed by atoms with Gasteiger partial charge in [0.1, 0.15) is 0 Å². The number of aromatic nitrogens is 3. The molecule has 0 aromatic carbocycles. The van der Waals surface area contributed by atoms with Gasteiger partial charge in [0, 0.05) is 11.1 Å². The molecule has 0 bridgehead atoms. The largest absolute Gasteiger partial charge is 0.283 e. The van der Waals surface area contributed by atoms with Gasteiger partial charge in [-0.2, -0.15) is 0 Å². The van der Waals surface area contributed by atoms with Crippen molar-refractivity contribution in [3.8, 4) is 0 Å². The van der Waals surface area contributed by atoms with Crippen LogP contribution in [0.2, 0.25) is 0 Å². The van der Waals surface area contributed by atoms with Gasteiger partial charge in [-0.05, 0) is 35.7 Å². The van der Waals surface area contributed by atoms with Gasteiger partial charge in [0.05, 0.1) is 0 Å². The Hall–Kier alpha value is -1.94. The summed E-state index contributed by atoms with van der Waals surface area (Å²) in [6, 6.07) is 9.97. The zero-order chi connectivity index (χ0) is 10.8. The monoisotopic (exact) mass is 227 g/mol. The predicted octanol–water partition coefficient (Wildman–Crippen LogP) is 2.96. The van der Waals surface area contributed by atoms with E-state index in [2.05, 4.69) is 21.6 Å². The minimum Gasteiger partial charge on any atom is -0.283 e. The fourth-order valence-corrected chi connectivity index (χ4v) is 2.13. The van der Waals surface area contributed by atoms with E-state index in [0.717, 1.165) is 11.5 Å². The Labute approximate surface area is 96.7 Å². The molecule has 3 nitrogen and oxygen atoms in total. The van der Waals surface area contributed by atoms with Crippen LogP contribution in [-0.4, -0.2) is 14.6 Å². The zero-order valence-corrected chi connectivity index (χ0v) is 9.26. The van der Waals surface area contributed by atoms with Crippen molar-refractivity contribution >= 4 is 29.1 Å². The first-order chi connectivity index (χ1) is 7.93. The van der Waals surface area contributed by atoms with Gasteiger partial charge < -0.3 is 0 Å². The molecule has 0 aliphatic carbocycles. The van der Waals surface area contributed by atoms with Gasteiger partial charge >= 0.3 is 0 Å². The Kier molecular flexibility index (Phi) is 2.27. The molecule has 0 aliphatic heterocycles. The van der Waals surface area contributed by atoms with Crippen molar-refractivity contribution in [3.05, 3.63) is 52.6 Å². The molecule has 78 valence electrons. The van der Waals surface area contributed by atoms with Crippen LogP contribution in [0.3, 0.4) is 0 Å². The first-order valence-corrected chi connectivity index (χ1v) is 5.83. The quantitative estimate of drug-likeness (QED) is 0.673. The maximum absolute atomic E-state index is 4.13. The summed E-state index contributed by atoms with van der Waals surface area (Å²) in [5.74, 6) is 0.851. The number of hydrogen-bond donors (Lipinski definition) is 0. The minimum absolute atomic E-state index is 0.851. The van der Waals surface area contributed by atoms with Crippen molar-refractivity contribution in [3.63, 3.8) is 0 Å². The second-order valence-electron chi connectivity index (χ2n) is 3.34. The molecule has 0 N–H and O–H groups in total. The Balaban J connectivity index is 2.01.